The third kappa shape index (κ3) is 13.9. The molecule has 10 rings (SSSR count). The number of nitro groups is 1. The summed E-state index contributed by atoms with van der Waals surface area (Å²) >= 11 is 0. The van der Waals surface area contributed by atoms with Crippen molar-refractivity contribution in [2.75, 3.05) is 61.4 Å². The number of nitrogens with one attached hydrogen (secondary N) is 4. The quantitative estimate of drug-likeness (QED) is 0.0169. The number of aliphatic carboxylic acids is 5. The number of methoxy groups -OCH3 is 1. The number of esters is 1. The number of ether oxygens (including phenoxy) is 6. The molecule has 0 saturated heterocycles. The molecule has 0 saturated carbocycles. The first-order valence-electron chi connectivity index (χ1n) is 26.9. The lowest BCUT2D eigenvalue weighted by atomic mass is 10.1. The smallest absolute Gasteiger partial charge is 0.356 e. The first-order chi connectivity index (χ1) is 45.0. The van der Waals surface area contributed by atoms with Gasteiger partial charge < -0.3 is 75.2 Å². The number of fused-ring (bicyclic) bond motifs is 5. The van der Waals surface area contributed by atoms with Crippen molar-refractivity contribution in [1.29, 1.82) is 0 Å². The predicted octanol–water partition coefficient (Wildman–Crippen LogP) is 6.45. The van der Waals surface area contributed by atoms with E-state index in [0.29, 0.717) is 0 Å². The summed E-state index contributed by atoms with van der Waals surface area (Å²) in [5.41, 5.74) is -4.27. The number of pyridine rings is 5. The van der Waals surface area contributed by atoms with E-state index in [2.05, 4.69) is 46.2 Å². The molecule has 33 heteroatoms. The van der Waals surface area contributed by atoms with E-state index in [9.17, 15) is 83.6 Å². The normalized spacial score (nSPS) is 10.9. The third-order valence-electron chi connectivity index (χ3n) is 13.3. The number of amides is 4. The van der Waals surface area contributed by atoms with E-state index < -0.39 is 126 Å². The number of nitrogens with zero attached hydrogens (tertiary/aromatic N) is 6. The molecule has 0 atom stereocenters. The Balaban J connectivity index is 1.00. The summed E-state index contributed by atoms with van der Waals surface area (Å²) in [6, 6.07) is 26.1. The fourth-order valence-electron chi connectivity index (χ4n) is 9.34. The number of carbonyl (C=O) groups is 10. The minimum absolute atomic E-state index is 0.00361. The lowest BCUT2D eigenvalue weighted by Crippen LogP contribution is -2.19. The van der Waals surface area contributed by atoms with Crippen LogP contribution in [0.2, 0.25) is 0 Å². The first-order valence-corrected chi connectivity index (χ1v) is 26.9. The van der Waals surface area contributed by atoms with Gasteiger partial charge in [-0.2, -0.15) is 0 Å². The molecule has 474 valence electrons. The Labute approximate surface area is 522 Å². The SMILES string of the molecule is COC(=O)c1cc(OCC(=O)O)c2cccc(NC(=O)c3cc(OCC(=O)O)c4cccc(NC(=O)c5cc(OCC(=O)O)c6cccc(NC(=O)c7cc(OCC(=O)O)c8cccc(NC(=O)c9cc(OCC(=O)O)c%10cccc([N+](=O)[O-])c%10n9)c8n7)c6n5)c4n3)c2n1. The minimum Gasteiger partial charge on any atom is -0.481 e. The van der Waals surface area contributed by atoms with Crippen LogP contribution >= 0.6 is 0 Å². The van der Waals surface area contributed by atoms with Gasteiger partial charge in [-0.05, 0) is 54.6 Å². The Morgan fingerprint density at radius 3 is 0.862 bits per heavy atom. The van der Waals surface area contributed by atoms with E-state index in [-0.39, 0.29) is 112 Å². The van der Waals surface area contributed by atoms with Crippen molar-refractivity contribution in [3.05, 3.63) is 160 Å². The van der Waals surface area contributed by atoms with E-state index in [1.807, 2.05) is 0 Å². The number of rotatable bonds is 25. The maximum absolute atomic E-state index is 14.6. The molecule has 0 aliphatic carbocycles. The average Bonchev–Trinajstić information content (AvgIpc) is 0.793. The highest BCUT2D eigenvalue weighted by atomic mass is 16.6. The number of carboxylic acid groups (broad SMARTS) is 5. The third-order valence-corrected chi connectivity index (χ3v) is 13.3. The Kier molecular flexibility index (Phi) is 18.1. The Hall–Kier alpha value is -13.8. The predicted molar refractivity (Wildman–Crippen MR) is 324 cm³/mol. The maximum Gasteiger partial charge on any atom is 0.356 e. The molecule has 5 aromatic heterocycles. The molecule has 0 aliphatic rings. The fraction of sp³-hybridized carbons (Fsp3) is 0.0984. The van der Waals surface area contributed by atoms with Gasteiger partial charge in [0, 0.05) is 63.3 Å². The number of hydrogen-bond donors (Lipinski definition) is 9. The van der Waals surface area contributed by atoms with Crippen LogP contribution in [0.25, 0.3) is 54.5 Å². The zero-order valence-electron chi connectivity index (χ0n) is 47.9. The second-order valence-corrected chi connectivity index (χ2v) is 19.5. The second-order valence-electron chi connectivity index (χ2n) is 19.5. The van der Waals surface area contributed by atoms with Crippen molar-refractivity contribution < 1.29 is 107 Å². The lowest BCUT2D eigenvalue weighted by molar-refractivity contribution is -0.383. The van der Waals surface area contributed by atoms with Crippen molar-refractivity contribution in [2.45, 2.75) is 0 Å². The number of nitro benzene ring substituents is 1. The number of non-ortho nitro benzene ring substituents is 1. The molecule has 0 aliphatic heterocycles. The highest BCUT2D eigenvalue weighted by Gasteiger charge is 2.26. The molecule has 5 heterocycles. The van der Waals surface area contributed by atoms with Gasteiger partial charge in [0.05, 0.1) is 56.8 Å². The topological polar surface area (TPSA) is 483 Å². The van der Waals surface area contributed by atoms with Gasteiger partial charge in [-0.25, -0.2) is 53.7 Å². The van der Waals surface area contributed by atoms with Gasteiger partial charge in [0.25, 0.3) is 29.3 Å². The monoisotopic (exact) mass is 1280 g/mol. The number of benzene rings is 5. The second kappa shape index (κ2) is 26.9. The first kappa shape index (κ1) is 63.3. The van der Waals surface area contributed by atoms with Crippen LogP contribution in [0.4, 0.5) is 28.4 Å². The van der Waals surface area contributed by atoms with Crippen molar-refractivity contribution >= 4 is 142 Å². The van der Waals surface area contributed by atoms with E-state index >= 15 is 0 Å². The van der Waals surface area contributed by atoms with E-state index in [1.165, 1.54) is 84.9 Å². The highest BCUT2D eigenvalue weighted by molar-refractivity contribution is 6.16. The number of carbonyl (C=O) groups excluding carboxylic acids is 5. The van der Waals surface area contributed by atoms with Crippen LogP contribution in [0.5, 0.6) is 28.7 Å². The van der Waals surface area contributed by atoms with E-state index in [0.717, 1.165) is 43.5 Å². The van der Waals surface area contributed by atoms with Crippen molar-refractivity contribution in [3.8, 4) is 28.7 Å². The molecular formula is C61H42N10O23. The molecule has 10 aromatic rings. The number of anilines is 4. The van der Waals surface area contributed by atoms with Crippen molar-refractivity contribution in [2.24, 2.45) is 0 Å². The maximum atomic E-state index is 14.6. The largest absolute Gasteiger partial charge is 0.481 e. The van der Waals surface area contributed by atoms with Crippen LogP contribution in [-0.2, 0) is 28.7 Å². The van der Waals surface area contributed by atoms with Gasteiger partial charge in [-0.1, -0.05) is 30.3 Å². The standard InChI is InChI=1S/C61H42N10O23/c1-89-61(86)40-21-46(94-26-51(80)81)30-10-5-15-35(55(30)66-40)70-59(84)38-19-44(92-24-49(76)77)28-8-3-13-33(53(28)64-38)68-57(82)36-17-42(90-22-47(72)73)27-7-2-12-32(52(27)62-36)67-58(83)37-18-43(91-23-48(74)75)29-9-4-14-34(54(29)63-37)69-60(85)39-20-45(93-25-50(78)79)31-11-6-16-41(71(87)88)56(31)65-39/h2-21H,22-26H2,1H3,(H,67,83)(H,68,82)(H,69,85)(H,70,84)(H,72,73)(H,74,75)(H,76,77)(H,78,79)(H,80,81). The molecule has 9 N–H and O–H groups in total. The summed E-state index contributed by atoms with van der Waals surface area (Å²) < 4.78 is 32.5. The Morgan fingerprint density at radius 1 is 0.372 bits per heavy atom. The molecular weight excluding hydrogens is 1240 g/mol. The summed E-state index contributed by atoms with van der Waals surface area (Å²) in [6.07, 6.45) is 0. The van der Waals surface area contributed by atoms with Gasteiger partial charge in [0.15, 0.2) is 44.2 Å². The lowest BCUT2D eigenvalue weighted by Gasteiger charge is -2.16. The summed E-state index contributed by atoms with van der Waals surface area (Å²) in [7, 11) is 1.08. The van der Waals surface area contributed by atoms with Crippen LogP contribution in [-0.4, -0.2) is 155 Å². The van der Waals surface area contributed by atoms with Gasteiger partial charge in [-0.15, -0.1) is 0 Å². The summed E-state index contributed by atoms with van der Waals surface area (Å²) in [5.74, 6) is -13.2. The molecule has 0 bridgehead atoms. The number of aromatic nitrogens is 5. The van der Waals surface area contributed by atoms with Gasteiger partial charge in [0.1, 0.15) is 51.5 Å². The molecule has 0 radical (unpaired) electrons. The van der Waals surface area contributed by atoms with E-state index in [1.54, 1.807) is 0 Å². The Bertz CT molecular complexity index is 4910. The van der Waals surface area contributed by atoms with Crippen LogP contribution in [0.15, 0.2) is 121 Å². The van der Waals surface area contributed by atoms with Crippen molar-refractivity contribution in [1.82, 2.24) is 24.9 Å². The zero-order valence-corrected chi connectivity index (χ0v) is 47.9. The summed E-state index contributed by atoms with van der Waals surface area (Å²) in [5, 5.41) is 70.3. The number of hydrogen-bond acceptors (Lipinski definition) is 23. The Morgan fingerprint density at radius 2 is 0.606 bits per heavy atom. The number of para-hydroxylation sites is 5. The molecule has 0 unspecified atom stereocenters. The zero-order chi connectivity index (χ0) is 67.1. The minimum atomic E-state index is -1.44. The van der Waals surface area contributed by atoms with Gasteiger partial charge >= 0.3 is 35.8 Å². The molecule has 33 nitrogen and oxygen atoms in total. The van der Waals surface area contributed by atoms with Gasteiger partial charge in [0.2, 0.25) is 0 Å². The van der Waals surface area contributed by atoms with Crippen LogP contribution < -0.4 is 45.0 Å². The molecule has 0 fully saturated rings. The summed E-state index contributed by atoms with van der Waals surface area (Å²) in [6.45, 7) is -4.55. The highest BCUT2D eigenvalue weighted by Crippen LogP contribution is 2.38. The molecule has 94 heavy (non-hydrogen) atoms. The number of carboxylic acids is 5. The van der Waals surface area contributed by atoms with Crippen LogP contribution in [0.3, 0.4) is 0 Å². The summed E-state index contributed by atoms with van der Waals surface area (Å²) in [4.78, 5) is 162. The molecule has 0 spiro atoms. The van der Waals surface area contributed by atoms with Crippen LogP contribution in [0, 0.1) is 10.1 Å². The van der Waals surface area contributed by atoms with Crippen LogP contribution in [0.1, 0.15) is 52.4 Å². The average molecular weight is 1280 g/mol. The molecule has 5 aromatic carbocycles. The van der Waals surface area contributed by atoms with E-state index in [4.69, 9.17) is 28.4 Å². The van der Waals surface area contributed by atoms with Gasteiger partial charge in [-0.3, -0.25) is 29.3 Å². The fourth-order valence-corrected chi connectivity index (χ4v) is 9.34. The molecule has 4 amide bonds. The van der Waals surface area contributed by atoms with Crippen molar-refractivity contribution in [3.63, 3.8) is 0 Å².